The van der Waals surface area contributed by atoms with Gasteiger partial charge in [0.2, 0.25) is 0 Å². The predicted octanol–water partition coefficient (Wildman–Crippen LogP) is 6.22. The zero-order valence-electron chi connectivity index (χ0n) is 16.5. The van der Waals surface area contributed by atoms with Crippen molar-refractivity contribution in [2.24, 2.45) is 0 Å². The Morgan fingerprint density at radius 2 is 1.54 bits per heavy atom. The van der Waals surface area contributed by atoms with Crippen LogP contribution in [0.4, 0.5) is 5.69 Å². The summed E-state index contributed by atoms with van der Waals surface area (Å²) in [6.45, 7) is 7.72. The number of hydrogen-bond donors (Lipinski definition) is 0. The van der Waals surface area contributed by atoms with Crippen LogP contribution >= 0.6 is 11.6 Å². The van der Waals surface area contributed by atoms with Crippen LogP contribution in [-0.4, -0.2) is 8.42 Å². The van der Waals surface area contributed by atoms with E-state index < -0.39 is 10.0 Å². The van der Waals surface area contributed by atoms with E-state index in [0.29, 0.717) is 10.7 Å². The van der Waals surface area contributed by atoms with E-state index in [-0.39, 0.29) is 10.9 Å². The molecule has 3 aromatic carbocycles. The number of anilines is 1. The summed E-state index contributed by atoms with van der Waals surface area (Å²) in [5, 5.41) is 0.438. The summed E-state index contributed by atoms with van der Waals surface area (Å²) in [6.07, 6.45) is 0. The fourth-order valence-corrected chi connectivity index (χ4v) is 5.07. The van der Waals surface area contributed by atoms with Crippen LogP contribution in [-0.2, 0) is 10.0 Å². The van der Waals surface area contributed by atoms with Gasteiger partial charge in [-0.1, -0.05) is 59.6 Å². The van der Waals surface area contributed by atoms with Crippen LogP contribution < -0.4 is 4.31 Å². The Bertz CT molecular complexity index is 1090. The summed E-state index contributed by atoms with van der Waals surface area (Å²) in [5.74, 6) is 0. The highest BCUT2D eigenvalue weighted by Crippen LogP contribution is 2.34. The highest BCUT2D eigenvalue weighted by Gasteiger charge is 2.30. The van der Waals surface area contributed by atoms with Crippen molar-refractivity contribution in [3.05, 3.63) is 94.0 Å². The summed E-state index contributed by atoms with van der Waals surface area (Å²) in [5.41, 5.74) is 4.52. The van der Waals surface area contributed by atoms with Gasteiger partial charge in [0.25, 0.3) is 10.0 Å². The third-order valence-corrected chi connectivity index (χ3v) is 7.17. The summed E-state index contributed by atoms with van der Waals surface area (Å²) in [4.78, 5) is 0.184. The van der Waals surface area contributed by atoms with Crippen molar-refractivity contribution in [1.29, 1.82) is 0 Å². The average Bonchev–Trinajstić information content (AvgIpc) is 2.64. The highest BCUT2D eigenvalue weighted by atomic mass is 35.5. The van der Waals surface area contributed by atoms with Crippen LogP contribution in [0.25, 0.3) is 0 Å². The van der Waals surface area contributed by atoms with Crippen LogP contribution in [0.5, 0.6) is 0 Å². The van der Waals surface area contributed by atoms with Crippen molar-refractivity contribution in [1.82, 2.24) is 0 Å². The van der Waals surface area contributed by atoms with Crippen LogP contribution in [0.2, 0.25) is 5.02 Å². The SMILES string of the molecule is Cc1ccc([C@H](C)N(c2cccc(C)c2)S(=O)(=O)c2ccc(C)c(Cl)c2)cc1. The minimum absolute atomic E-state index is 0.184. The number of benzene rings is 3. The minimum atomic E-state index is -3.82. The molecule has 0 aromatic heterocycles. The van der Waals surface area contributed by atoms with E-state index in [1.165, 1.54) is 10.4 Å². The van der Waals surface area contributed by atoms with Gasteiger partial charge >= 0.3 is 0 Å². The summed E-state index contributed by atoms with van der Waals surface area (Å²) in [6, 6.07) is 20.0. The van der Waals surface area contributed by atoms with E-state index in [2.05, 4.69) is 0 Å². The number of halogens is 1. The molecule has 0 heterocycles. The monoisotopic (exact) mass is 413 g/mol. The van der Waals surface area contributed by atoms with Crippen molar-refractivity contribution in [2.75, 3.05) is 4.31 Å². The predicted molar refractivity (Wildman–Crippen MR) is 117 cm³/mol. The Balaban J connectivity index is 2.17. The number of rotatable bonds is 5. The second-order valence-electron chi connectivity index (χ2n) is 7.14. The molecule has 0 radical (unpaired) electrons. The molecule has 28 heavy (non-hydrogen) atoms. The first-order valence-electron chi connectivity index (χ1n) is 9.14. The molecule has 0 aliphatic rings. The van der Waals surface area contributed by atoms with Crippen LogP contribution in [0.3, 0.4) is 0 Å². The zero-order valence-corrected chi connectivity index (χ0v) is 18.1. The van der Waals surface area contributed by atoms with Gasteiger partial charge in [0.05, 0.1) is 16.6 Å². The molecule has 0 aliphatic carbocycles. The lowest BCUT2D eigenvalue weighted by atomic mass is 10.1. The second kappa shape index (κ2) is 7.98. The first kappa shape index (κ1) is 20.4. The summed E-state index contributed by atoms with van der Waals surface area (Å²) in [7, 11) is -3.82. The van der Waals surface area contributed by atoms with Gasteiger partial charge in [-0.2, -0.15) is 0 Å². The van der Waals surface area contributed by atoms with Crippen molar-refractivity contribution < 1.29 is 8.42 Å². The number of aryl methyl sites for hydroxylation is 3. The number of nitrogens with zero attached hydrogens (tertiary/aromatic N) is 1. The normalized spacial score (nSPS) is 12.6. The quantitative estimate of drug-likeness (QED) is 0.497. The molecule has 0 unspecified atom stereocenters. The molecule has 5 heteroatoms. The van der Waals surface area contributed by atoms with E-state index in [1.807, 2.05) is 76.2 Å². The zero-order chi connectivity index (χ0) is 20.5. The standard InChI is InChI=1S/C23H24ClNO2S/c1-16-8-11-20(12-9-16)19(4)25(21-7-5-6-17(2)14-21)28(26,27)22-13-10-18(3)23(24)15-22/h5-15,19H,1-4H3/t19-/m0/s1. The molecule has 3 nitrogen and oxygen atoms in total. The Morgan fingerprint density at radius 3 is 2.14 bits per heavy atom. The first-order valence-corrected chi connectivity index (χ1v) is 11.0. The van der Waals surface area contributed by atoms with Crippen molar-refractivity contribution in [3.8, 4) is 0 Å². The first-order chi connectivity index (χ1) is 13.2. The summed E-state index contributed by atoms with van der Waals surface area (Å²) < 4.78 is 28.8. The molecule has 0 saturated carbocycles. The van der Waals surface area contributed by atoms with Crippen LogP contribution in [0.1, 0.15) is 35.2 Å². The maximum Gasteiger partial charge on any atom is 0.264 e. The molecule has 0 aliphatic heterocycles. The lowest BCUT2D eigenvalue weighted by Crippen LogP contribution is -2.33. The maximum absolute atomic E-state index is 13.7. The molecule has 0 N–H and O–H groups in total. The Labute approximate surface area is 172 Å². The molecule has 0 amide bonds. The minimum Gasteiger partial charge on any atom is -0.259 e. The van der Waals surface area contributed by atoms with E-state index in [9.17, 15) is 8.42 Å². The molecule has 0 saturated heterocycles. The molecular formula is C23H24ClNO2S. The summed E-state index contributed by atoms with van der Waals surface area (Å²) >= 11 is 6.23. The van der Waals surface area contributed by atoms with E-state index in [1.54, 1.807) is 12.1 Å². The maximum atomic E-state index is 13.7. The molecule has 1 atom stereocenters. The van der Waals surface area contributed by atoms with Crippen molar-refractivity contribution in [2.45, 2.75) is 38.6 Å². The molecule has 3 aromatic rings. The molecule has 0 fully saturated rings. The lowest BCUT2D eigenvalue weighted by Gasteiger charge is -2.31. The van der Waals surface area contributed by atoms with Gasteiger partial charge < -0.3 is 0 Å². The third kappa shape index (κ3) is 4.08. The van der Waals surface area contributed by atoms with Crippen LogP contribution in [0.15, 0.2) is 71.6 Å². The van der Waals surface area contributed by atoms with Gasteiger partial charge in [-0.25, -0.2) is 8.42 Å². The van der Waals surface area contributed by atoms with Gasteiger partial charge in [0.1, 0.15) is 0 Å². The lowest BCUT2D eigenvalue weighted by molar-refractivity contribution is 0.583. The third-order valence-electron chi connectivity index (χ3n) is 4.87. The Hall–Kier alpha value is -2.30. The van der Waals surface area contributed by atoms with Crippen molar-refractivity contribution in [3.63, 3.8) is 0 Å². The number of hydrogen-bond acceptors (Lipinski definition) is 2. The fourth-order valence-electron chi connectivity index (χ4n) is 3.16. The Kier molecular flexibility index (Phi) is 5.82. The Morgan fingerprint density at radius 1 is 0.857 bits per heavy atom. The van der Waals surface area contributed by atoms with Gasteiger partial charge in [0, 0.05) is 5.02 Å². The molecular weight excluding hydrogens is 390 g/mol. The fraction of sp³-hybridized carbons (Fsp3) is 0.217. The second-order valence-corrected chi connectivity index (χ2v) is 9.36. The molecule has 146 valence electrons. The van der Waals surface area contributed by atoms with Gasteiger partial charge in [0.15, 0.2) is 0 Å². The van der Waals surface area contributed by atoms with Crippen LogP contribution in [0, 0.1) is 20.8 Å². The van der Waals surface area contributed by atoms with E-state index >= 15 is 0 Å². The molecule has 3 rings (SSSR count). The topological polar surface area (TPSA) is 37.4 Å². The average molecular weight is 414 g/mol. The smallest absolute Gasteiger partial charge is 0.259 e. The van der Waals surface area contributed by atoms with Gasteiger partial charge in [-0.05, 0) is 68.7 Å². The van der Waals surface area contributed by atoms with E-state index in [4.69, 9.17) is 11.6 Å². The van der Waals surface area contributed by atoms with Gasteiger partial charge in [-0.15, -0.1) is 0 Å². The molecule has 0 spiro atoms. The van der Waals surface area contributed by atoms with E-state index in [0.717, 1.165) is 22.3 Å². The largest absolute Gasteiger partial charge is 0.264 e. The number of sulfonamides is 1. The van der Waals surface area contributed by atoms with Gasteiger partial charge in [-0.3, -0.25) is 4.31 Å². The highest BCUT2D eigenvalue weighted by molar-refractivity contribution is 7.92. The molecule has 0 bridgehead atoms. The van der Waals surface area contributed by atoms with Crippen molar-refractivity contribution >= 4 is 27.3 Å².